The molecule has 0 bridgehead atoms. The molecule has 2 fully saturated rings. The van der Waals surface area contributed by atoms with Crippen LogP contribution in [0.4, 0.5) is 0 Å². The van der Waals surface area contributed by atoms with Crippen molar-refractivity contribution in [1.82, 2.24) is 9.55 Å². The molecule has 1 aliphatic carbocycles. The summed E-state index contributed by atoms with van der Waals surface area (Å²) in [5.74, 6) is -0.414. The molecule has 1 aromatic heterocycles. The fourth-order valence-electron chi connectivity index (χ4n) is 2.66. The normalized spacial score (nSPS) is 24.1. The quantitative estimate of drug-likeness (QED) is 0.767. The van der Waals surface area contributed by atoms with Crippen LogP contribution in [0.5, 0.6) is 0 Å². The lowest BCUT2D eigenvalue weighted by molar-refractivity contribution is -0.173. The van der Waals surface area contributed by atoms with Gasteiger partial charge in [0.2, 0.25) is 0 Å². The first-order chi connectivity index (χ1) is 11.3. The topological polar surface area (TPSA) is 99.6 Å². The monoisotopic (exact) mass is 338 g/mol. The average Bonchev–Trinajstić information content (AvgIpc) is 3.19. The highest BCUT2D eigenvalue weighted by atomic mass is 16.6. The first kappa shape index (κ1) is 16.9. The van der Waals surface area contributed by atoms with E-state index in [2.05, 4.69) is 4.98 Å². The number of aromatic amines is 1. The SMILES string of the molecule is CC(C)(OC1CC1)C(=O)OCC1CCC(n2ccc(=O)[nH]c2=O)O1. The van der Waals surface area contributed by atoms with E-state index in [9.17, 15) is 14.4 Å². The Labute approximate surface area is 138 Å². The summed E-state index contributed by atoms with van der Waals surface area (Å²) in [6.45, 7) is 3.52. The van der Waals surface area contributed by atoms with Crippen LogP contribution in [0.2, 0.25) is 0 Å². The number of rotatable bonds is 6. The summed E-state index contributed by atoms with van der Waals surface area (Å²) in [5, 5.41) is 0. The molecule has 0 aromatic carbocycles. The minimum absolute atomic E-state index is 0.116. The van der Waals surface area contributed by atoms with Gasteiger partial charge in [0.15, 0.2) is 5.60 Å². The summed E-state index contributed by atoms with van der Waals surface area (Å²) >= 11 is 0. The molecule has 0 amide bonds. The van der Waals surface area contributed by atoms with E-state index in [0.29, 0.717) is 12.8 Å². The highest BCUT2D eigenvalue weighted by molar-refractivity contribution is 5.78. The van der Waals surface area contributed by atoms with Gasteiger partial charge in [-0.15, -0.1) is 0 Å². The van der Waals surface area contributed by atoms with E-state index in [1.54, 1.807) is 13.8 Å². The highest BCUT2D eigenvalue weighted by Gasteiger charge is 2.38. The molecule has 24 heavy (non-hydrogen) atoms. The van der Waals surface area contributed by atoms with Crippen molar-refractivity contribution in [3.8, 4) is 0 Å². The van der Waals surface area contributed by atoms with E-state index in [-0.39, 0.29) is 18.8 Å². The summed E-state index contributed by atoms with van der Waals surface area (Å²) in [4.78, 5) is 37.2. The van der Waals surface area contributed by atoms with Crippen LogP contribution in [-0.2, 0) is 19.0 Å². The second-order valence-electron chi connectivity index (χ2n) is 6.73. The van der Waals surface area contributed by atoms with E-state index in [1.165, 1.54) is 16.8 Å². The van der Waals surface area contributed by atoms with E-state index in [4.69, 9.17) is 14.2 Å². The summed E-state index contributed by atoms with van der Waals surface area (Å²) in [6.07, 6.45) is 4.06. The average molecular weight is 338 g/mol. The number of hydrogen-bond acceptors (Lipinski definition) is 6. The van der Waals surface area contributed by atoms with Gasteiger partial charge in [0.25, 0.3) is 5.56 Å². The van der Waals surface area contributed by atoms with Crippen molar-refractivity contribution in [3.05, 3.63) is 33.1 Å². The molecule has 8 heteroatoms. The van der Waals surface area contributed by atoms with Crippen LogP contribution >= 0.6 is 0 Å². The number of carbonyl (C=O) groups is 1. The van der Waals surface area contributed by atoms with Crippen molar-refractivity contribution in [2.24, 2.45) is 0 Å². The third-order valence-electron chi connectivity index (χ3n) is 4.12. The number of nitrogens with zero attached hydrogens (tertiary/aromatic N) is 1. The van der Waals surface area contributed by atoms with Crippen LogP contribution < -0.4 is 11.2 Å². The molecule has 1 aromatic rings. The minimum Gasteiger partial charge on any atom is -0.461 e. The summed E-state index contributed by atoms with van der Waals surface area (Å²) in [7, 11) is 0. The van der Waals surface area contributed by atoms with Gasteiger partial charge < -0.3 is 14.2 Å². The molecule has 0 spiro atoms. The largest absolute Gasteiger partial charge is 0.461 e. The molecule has 2 unspecified atom stereocenters. The molecular weight excluding hydrogens is 316 g/mol. The van der Waals surface area contributed by atoms with Crippen molar-refractivity contribution in [3.63, 3.8) is 0 Å². The summed E-state index contributed by atoms with van der Waals surface area (Å²) < 4.78 is 18.1. The number of nitrogens with one attached hydrogen (secondary N) is 1. The minimum atomic E-state index is -0.963. The number of hydrogen-bond donors (Lipinski definition) is 1. The fourth-order valence-corrected chi connectivity index (χ4v) is 2.66. The summed E-state index contributed by atoms with van der Waals surface area (Å²) in [6, 6.07) is 1.27. The third kappa shape index (κ3) is 3.93. The molecule has 3 rings (SSSR count). The van der Waals surface area contributed by atoms with E-state index in [0.717, 1.165) is 12.8 Å². The lowest BCUT2D eigenvalue weighted by atomic mass is 10.1. The number of esters is 1. The van der Waals surface area contributed by atoms with Gasteiger partial charge in [0, 0.05) is 12.3 Å². The van der Waals surface area contributed by atoms with Crippen LogP contribution in [0, 0.1) is 0 Å². The molecule has 2 aliphatic rings. The molecule has 1 saturated heterocycles. The van der Waals surface area contributed by atoms with Crippen molar-refractivity contribution < 1.29 is 19.0 Å². The number of carbonyl (C=O) groups excluding carboxylic acids is 1. The van der Waals surface area contributed by atoms with Gasteiger partial charge in [0.05, 0.1) is 12.2 Å². The zero-order valence-electron chi connectivity index (χ0n) is 13.8. The van der Waals surface area contributed by atoms with Gasteiger partial charge in [0.1, 0.15) is 12.8 Å². The van der Waals surface area contributed by atoms with Crippen molar-refractivity contribution >= 4 is 5.97 Å². The molecule has 1 saturated carbocycles. The maximum atomic E-state index is 12.1. The van der Waals surface area contributed by atoms with Crippen LogP contribution in [0.3, 0.4) is 0 Å². The maximum absolute atomic E-state index is 12.1. The van der Waals surface area contributed by atoms with Gasteiger partial charge in [-0.2, -0.15) is 0 Å². The lowest BCUT2D eigenvalue weighted by Gasteiger charge is -2.24. The fraction of sp³-hybridized carbons (Fsp3) is 0.688. The molecule has 8 nitrogen and oxygen atoms in total. The Morgan fingerprint density at radius 2 is 2.08 bits per heavy atom. The Morgan fingerprint density at radius 3 is 2.75 bits per heavy atom. The first-order valence-electron chi connectivity index (χ1n) is 8.17. The van der Waals surface area contributed by atoms with Crippen LogP contribution in [0.1, 0.15) is 45.8 Å². The van der Waals surface area contributed by atoms with Gasteiger partial charge in [-0.05, 0) is 39.5 Å². The van der Waals surface area contributed by atoms with Gasteiger partial charge >= 0.3 is 11.7 Å². The van der Waals surface area contributed by atoms with Crippen molar-refractivity contribution in [2.45, 2.75) is 63.6 Å². The Kier molecular flexibility index (Phi) is 4.60. The predicted molar refractivity (Wildman–Crippen MR) is 83.6 cm³/mol. The second-order valence-corrected chi connectivity index (χ2v) is 6.73. The molecule has 1 N–H and O–H groups in total. The van der Waals surface area contributed by atoms with E-state index < -0.39 is 29.0 Å². The Hall–Kier alpha value is -1.93. The van der Waals surface area contributed by atoms with Crippen molar-refractivity contribution in [1.29, 1.82) is 0 Å². The van der Waals surface area contributed by atoms with Gasteiger partial charge in [-0.3, -0.25) is 14.3 Å². The lowest BCUT2D eigenvalue weighted by Crippen LogP contribution is -2.39. The predicted octanol–water partition coefficient (Wildman–Crippen LogP) is 0.715. The summed E-state index contributed by atoms with van der Waals surface area (Å²) in [5.41, 5.74) is -1.92. The van der Waals surface area contributed by atoms with Gasteiger partial charge in [-0.25, -0.2) is 9.59 Å². The van der Waals surface area contributed by atoms with Crippen molar-refractivity contribution in [2.75, 3.05) is 6.61 Å². The zero-order chi connectivity index (χ0) is 17.3. The molecule has 2 heterocycles. The third-order valence-corrected chi connectivity index (χ3v) is 4.12. The van der Waals surface area contributed by atoms with E-state index in [1.807, 2.05) is 0 Å². The number of aromatic nitrogens is 2. The Bertz CT molecular complexity index is 718. The van der Waals surface area contributed by atoms with Crippen LogP contribution in [-0.4, -0.2) is 39.9 Å². The maximum Gasteiger partial charge on any atom is 0.337 e. The molecule has 0 radical (unpaired) electrons. The molecule has 132 valence electrons. The van der Waals surface area contributed by atoms with Gasteiger partial charge in [-0.1, -0.05) is 0 Å². The number of H-pyrrole nitrogens is 1. The zero-order valence-corrected chi connectivity index (χ0v) is 13.8. The van der Waals surface area contributed by atoms with Crippen LogP contribution in [0.25, 0.3) is 0 Å². The Balaban J connectivity index is 1.51. The second kappa shape index (κ2) is 6.52. The Morgan fingerprint density at radius 1 is 1.33 bits per heavy atom. The molecular formula is C16H22N2O6. The molecule has 1 aliphatic heterocycles. The van der Waals surface area contributed by atoms with Crippen LogP contribution in [0.15, 0.2) is 21.9 Å². The smallest absolute Gasteiger partial charge is 0.337 e. The van der Waals surface area contributed by atoms with E-state index >= 15 is 0 Å². The molecule has 2 atom stereocenters. The number of ether oxygens (including phenoxy) is 3. The standard InChI is InChI=1S/C16H22N2O6/c1-16(2,24-10-3-4-10)14(20)22-9-11-5-6-13(23-11)18-8-7-12(19)17-15(18)21/h7-8,10-11,13H,3-6,9H2,1-2H3,(H,17,19,21). The first-order valence-corrected chi connectivity index (χ1v) is 8.17. The highest BCUT2D eigenvalue weighted by Crippen LogP contribution is 2.30.